The van der Waals surface area contributed by atoms with Gasteiger partial charge >= 0.3 is 0 Å². The Hall–Kier alpha value is -1.36. The van der Waals surface area contributed by atoms with Crippen molar-refractivity contribution >= 4 is 5.91 Å². The van der Waals surface area contributed by atoms with E-state index < -0.39 is 0 Å². The number of hydrogen-bond acceptors (Lipinski definition) is 3. The molecule has 0 aliphatic heterocycles. The lowest BCUT2D eigenvalue weighted by Crippen LogP contribution is -2.36. The quantitative estimate of drug-likeness (QED) is 0.741. The van der Waals surface area contributed by atoms with Crippen LogP contribution in [0.15, 0.2) is 12.4 Å². The number of rotatable bonds is 5. The second kappa shape index (κ2) is 5.50. The van der Waals surface area contributed by atoms with Crippen LogP contribution in [0.2, 0.25) is 0 Å². The SMILES string of the molecule is CCN(CC(C)CN)C(=O)c1cn[nH]c1. The third kappa shape index (κ3) is 3.06. The summed E-state index contributed by atoms with van der Waals surface area (Å²) in [6.45, 7) is 5.97. The lowest BCUT2D eigenvalue weighted by molar-refractivity contribution is 0.0744. The van der Waals surface area contributed by atoms with E-state index in [1.54, 1.807) is 11.1 Å². The number of aromatic amines is 1. The Morgan fingerprint density at radius 3 is 2.93 bits per heavy atom. The van der Waals surface area contributed by atoms with E-state index in [4.69, 9.17) is 5.73 Å². The topological polar surface area (TPSA) is 75.0 Å². The summed E-state index contributed by atoms with van der Waals surface area (Å²) >= 11 is 0. The number of nitrogens with two attached hydrogens (primary N) is 1. The molecule has 1 atom stereocenters. The highest BCUT2D eigenvalue weighted by molar-refractivity contribution is 5.93. The van der Waals surface area contributed by atoms with Gasteiger partial charge in [-0.05, 0) is 19.4 Å². The van der Waals surface area contributed by atoms with Gasteiger partial charge < -0.3 is 10.6 Å². The number of nitrogens with zero attached hydrogens (tertiary/aromatic N) is 2. The van der Waals surface area contributed by atoms with Crippen molar-refractivity contribution in [1.29, 1.82) is 0 Å². The van der Waals surface area contributed by atoms with E-state index in [-0.39, 0.29) is 5.91 Å². The second-order valence-electron chi connectivity index (χ2n) is 3.67. The van der Waals surface area contributed by atoms with E-state index in [2.05, 4.69) is 10.2 Å². The van der Waals surface area contributed by atoms with Crippen molar-refractivity contribution < 1.29 is 4.79 Å². The number of aromatic nitrogens is 2. The molecular weight excluding hydrogens is 192 g/mol. The normalized spacial score (nSPS) is 12.5. The number of carbonyl (C=O) groups is 1. The number of carbonyl (C=O) groups excluding carboxylic acids is 1. The van der Waals surface area contributed by atoms with Gasteiger partial charge in [0.25, 0.3) is 5.91 Å². The molecule has 1 amide bonds. The predicted molar refractivity (Wildman–Crippen MR) is 58.4 cm³/mol. The van der Waals surface area contributed by atoms with Crippen molar-refractivity contribution in [1.82, 2.24) is 15.1 Å². The first-order valence-electron chi connectivity index (χ1n) is 5.17. The summed E-state index contributed by atoms with van der Waals surface area (Å²) in [6.07, 6.45) is 3.15. The summed E-state index contributed by atoms with van der Waals surface area (Å²) in [7, 11) is 0. The Bertz CT molecular complexity index is 296. The third-order valence-electron chi connectivity index (χ3n) is 2.35. The predicted octanol–water partition coefficient (Wildman–Crippen LogP) is 0.467. The maximum absolute atomic E-state index is 11.9. The number of nitrogens with one attached hydrogen (secondary N) is 1. The van der Waals surface area contributed by atoms with Crippen molar-refractivity contribution in [3.63, 3.8) is 0 Å². The van der Waals surface area contributed by atoms with Crippen LogP contribution < -0.4 is 5.73 Å². The Morgan fingerprint density at radius 2 is 2.47 bits per heavy atom. The first-order valence-corrected chi connectivity index (χ1v) is 5.17. The van der Waals surface area contributed by atoms with Gasteiger partial charge in [0.05, 0.1) is 11.8 Å². The van der Waals surface area contributed by atoms with Gasteiger partial charge in [-0.25, -0.2) is 0 Å². The Balaban J connectivity index is 2.63. The van der Waals surface area contributed by atoms with Gasteiger partial charge in [-0.3, -0.25) is 9.89 Å². The molecular formula is C10H18N4O. The van der Waals surface area contributed by atoms with E-state index >= 15 is 0 Å². The molecule has 3 N–H and O–H groups in total. The average Bonchev–Trinajstić information content (AvgIpc) is 2.77. The van der Waals surface area contributed by atoms with Gasteiger partial charge in [-0.15, -0.1) is 0 Å². The van der Waals surface area contributed by atoms with Gasteiger partial charge in [0, 0.05) is 19.3 Å². The van der Waals surface area contributed by atoms with E-state index in [1.165, 1.54) is 6.20 Å². The number of hydrogen-bond donors (Lipinski definition) is 2. The van der Waals surface area contributed by atoms with Crippen LogP contribution in [0.25, 0.3) is 0 Å². The van der Waals surface area contributed by atoms with Crippen molar-refractivity contribution in [2.75, 3.05) is 19.6 Å². The summed E-state index contributed by atoms with van der Waals surface area (Å²) in [5.74, 6) is 0.326. The fourth-order valence-electron chi connectivity index (χ4n) is 1.36. The molecule has 5 heteroatoms. The van der Waals surface area contributed by atoms with Crippen LogP contribution in [0.5, 0.6) is 0 Å². The van der Waals surface area contributed by atoms with E-state index in [9.17, 15) is 4.79 Å². The maximum Gasteiger partial charge on any atom is 0.257 e. The fourth-order valence-corrected chi connectivity index (χ4v) is 1.36. The van der Waals surface area contributed by atoms with Gasteiger partial charge in [0.1, 0.15) is 0 Å². The van der Waals surface area contributed by atoms with Gasteiger partial charge in [-0.1, -0.05) is 6.92 Å². The first-order chi connectivity index (χ1) is 7.19. The summed E-state index contributed by atoms with van der Waals surface area (Å²) in [4.78, 5) is 13.7. The molecule has 1 heterocycles. The smallest absolute Gasteiger partial charge is 0.257 e. The zero-order valence-electron chi connectivity index (χ0n) is 9.23. The summed E-state index contributed by atoms with van der Waals surface area (Å²) < 4.78 is 0. The van der Waals surface area contributed by atoms with E-state index in [0.717, 1.165) is 0 Å². The largest absolute Gasteiger partial charge is 0.339 e. The van der Waals surface area contributed by atoms with Crippen LogP contribution in [0.3, 0.4) is 0 Å². The summed E-state index contributed by atoms with van der Waals surface area (Å²) in [5, 5.41) is 6.40. The van der Waals surface area contributed by atoms with Crippen molar-refractivity contribution in [2.45, 2.75) is 13.8 Å². The monoisotopic (exact) mass is 210 g/mol. The third-order valence-corrected chi connectivity index (χ3v) is 2.35. The van der Waals surface area contributed by atoms with Gasteiger partial charge in [-0.2, -0.15) is 5.10 Å². The average molecular weight is 210 g/mol. The number of H-pyrrole nitrogens is 1. The summed E-state index contributed by atoms with van der Waals surface area (Å²) in [5.41, 5.74) is 6.14. The highest BCUT2D eigenvalue weighted by Gasteiger charge is 2.16. The zero-order chi connectivity index (χ0) is 11.3. The van der Waals surface area contributed by atoms with Crippen LogP contribution in [0, 0.1) is 5.92 Å². The first kappa shape index (κ1) is 11.7. The molecule has 0 aliphatic carbocycles. The highest BCUT2D eigenvalue weighted by atomic mass is 16.2. The Morgan fingerprint density at radius 1 is 1.73 bits per heavy atom. The molecule has 84 valence electrons. The molecule has 1 unspecified atom stereocenters. The fraction of sp³-hybridized carbons (Fsp3) is 0.600. The molecule has 0 radical (unpaired) electrons. The molecule has 0 bridgehead atoms. The molecule has 15 heavy (non-hydrogen) atoms. The van der Waals surface area contributed by atoms with Crippen LogP contribution in [0.1, 0.15) is 24.2 Å². The molecule has 0 spiro atoms. The molecule has 0 aliphatic rings. The molecule has 1 aromatic heterocycles. The number of amides is 1. The van der Waals surface area contributed by atoms with Crippen LogP contribution in [-0.4, -0.2) is 40.6 Å². The standard InChI is InChI=1S/C10H18N4O/c1-3-14(7-8(2)4-11)10(15)9-5-12-13-6-9/h5-6,8H,3-4,7,11H2,1-2H3,(H,12,13). The molecule has 0 fully saturated rings. The summed E-state index contributed by atoms with van der Waals surface area (Å²) in [6, 6.07) is 0. The molecule has 0 saturated heterocycles. The highest BCUT2D eigenvalue weighted by Crippen LogP contribution is 2.05. The molecule has 1 aromatic rings. The van der Waals surface area contributed by atoms with Gasteiger partial charge in [0.15, 0.2) is 0 Å². The van der Waals surface area contributed by atoms with Crippen molar-refractivity contribution in [2.24, 2.45) is 11.7 Å². The second-order valence-corrected chi connectivity index (χ2v) is 3.67. The van der Waals surface area contributed by atoms with Crippen molar-refractivity contribution in [3.8, 4) is 0 Å². The minimum atomic E-state index is 0.00606. The minimum Gasteiger partial charge on any atom is -0.339 e. The molecule has 0 aromatic carbocycles. The Kier molecular flexibility index (Phi) is 4.30. The zero-order valence-corrected chi connectivity index (χ0v) is 9.23. The van der Waals surface area contributed by atoms with Crippen LogP contribution in [0.4, 0.5) is 0 Å². The molecule has 1 rings (SSSR count). The van der Waals surface area contributed by atoms with Crippen LogP contribution in [-0.2, 0) is 0 Å². The lowest BCUT2D eigenvalue weighted by Gasteiger charge is -2.23. The van der Waals surface area contributed by atoms with Gasteiger partial charge in [0.2, 0.25) is 0 Å². The lowest BCUT2D eigenvalue weighted by atomic mass is 10.1. The molecule has 5 nitrogen and oxygen atoms in total. The van der Waals surface area contributed by atoms with E-state index in [0.29, 0.717) is 31.1 Å². The molecule has 0 saturated carbocycles. The minimum absolute atomic E-state index is 0.00606. The maximum atomic E-state index is 11.9. The van der Waals surface area contributed by atoms with E-state index in [1.807, 2.05) is 13.8 Å². The Labute approximate surface area is 89.6 Å². The van der Waals surface area contributed by atoms with Crippen molar-refractivity contribution in [3.05, 3.63) is 18.0 Å². The van der Waals surface area contributed by atoms with Crippen LogP contribution >= 0.6 is 0 Å².